The van der Waals surface area contributed by atoms with Crippen LogP contribution in [0.5, 0.6) is 0 Å². The van der Waals surface area contributed by atoms with Crippen molar-refractivity contribution >= 4 is 35.0 Å². The number of esters is 1. The molecule has 2 unspecified atom stereocenters. The fourth-order valence-corrected chi connectivity index (χ4v) is 3.37. The van der Waals surface area contributed by atoms with Crippen LogP contribution in [0.25, 0.3) is 0 Å². The molecule has 2 aromatic rings. The molecule has 8 heteroatoms. The van der Waals surface area contributed by atoms with Crippen molar-refractivity contribution in [2.24, 2.45) is 0 Å². The molecule has 0 spiro atoms. The minimum atomic E-state index is -1.13. The second kappa shape index (κ2) is 7.71. The van der Waals surface area contributed by atoms with Gasteiger partial charge >= 0.3 is 5.97 Å². The van der Waals surface area contributed by atoms with E-state index in [1.807, 2.05) is 17.5 Å². The Morgan fingerprint density at radius 1 is 1.07 bits per heavy atom. The third-order valence-corrected chi connectivity index (χ3v) is 5.11. The van der Waals surface area contributed by atoms with Crippen LogP contribution in [-0.4, -0.2) is 40.7 Å². The van der Waals surface area contributed by atoms with Gasteiger partial charge in [0, 0.05) is 4.88 Å². The molecule has 1 aromatic heterocycles. The molecule has 7 nitrogen and oxygen atoms in total. The Kier molecular flexibility index (Phi) is 5.36. The highest BCUT2D eigenvalue weighted by Crippen LogP contribution is 2.24. The van der Waals surface area contributed by atoms with Crippen molar-refractivity contribution in [2.75, 3.05) is 0 Å². The molecule has 3 rings (SSSR count). The van der Waals surface area contributed by atoms with Gasteiger partial charge in [-0.1, -0.05) is 18.2 Å². The van der Waals surface area contributed by atoms with Gasteiger partial charge in [-0.15, -0.1) is 11.3 Å². The Balaban J connectivity index is 1.60. The smallest absolute Gasteiger partial charge is 0.329 e. The summed E-state index contributed by atoms with van der Waals surface area (Å²) in [5.41, 5.74) is 0.507. The Hall–Kier alpha value is -3.00. The second-order valence-electron chi connectivity index (χ2n) is 6.08. The highest BCUT2D eigenvalue weighted by Gasteiger charge is 2.41. The van der Waals surface area contributed by atoms with Crippen molar-refractivity contribution in [3.05, 3.63) is 57.8 Å². The lowest BCUT2D eigenvalue weighted by atomic mass is 10.1. The van der Waals surface area contributed by atoms with E-state index in [-0.39, 0.29) is 11.1 Å². The van der Waals surface area contributed by atoms with Gasteiger partial charge in [-0.05, 0) is 37.4 Å². The molecule has 0 saturated carbocycles. The number of amides is 3. The summed E-state index contributed by atoms with van der Waals surface area (Å²) >= 11 is 1.50. The number of imide groups is 1. The van der Waals surface area contributed by atoms with Crippen molar-refractivity contribution in [3.8, 4) is 0 Å². The Morgan fingerprint density at radius 3 is 2.26 bits per heavy atom. The number of hydrogen-bond donors (Lipinski definition) is 1. The Bertz CT molecular complexity index is 858. The fraction of sp³-hybridized carbons (Fsp3) is 0.263. The van der Waals surface area contributed by atoms with E-state index < -0.39 is 35.8 Å². The Labute approximate surface area is 159 Å². The van der Waals surface area contributed by atoms with Gasteiger partial charge in [0.1, 0.15) is 6.04 Å². The van der Waals surface area contributed by atoms with Crippen molar-refractivity contribution in [1.29, 1.82) is 0 Å². The standard InChI is InChI=1S/C19H18N2O5S/c1-11(21-17(23)14-7-3-4-8-15(14)18(21)24)19(25)26-12(2)16(22)20-10-13-6-5-9-27-13/h3-9,11-12H,10H2,1-2H3,(H,20,22). The first kappa shape index (κ1) is 18.8. The lowest BCUT2D eigenvalue weighted by Crippen LogP contribution is -2.46. The van der Waals surface area contributed by atoms with E-state index >= 15 is 0 Å². The van der Waals surface area contributed by atoms with E-state index in [1.54, 1.807) is 12.1 Å². The highest BCUT2D eigenvalue weighted by atomic mass is 32.1. The van der Waals surface area contributed by atoms with Gasteiger partial charge in [0.2, 0.25) is 0 Å². The summed E-state index contributed by atoms with van der Waals surface area (Å²) in [5, 5.41) is 4.57. The molecule has 2 heterocycles. The van der Waals surface area contributed by atoms with Gasteiger partial charge in [-0.3, -0.25) is 19.3 Å². The molecule has 0 saturated heterocycles. The average Bonchev–Trinajstić information content (AvgIpc) is 3.26. The van der Waals surface area contributed by atoms with E-state index in [0.29, 0.717) is 6.54 Å². The minimum absolute atomic E-state index is 0.254. The molecule has 140 valence electrons. The van der Waals surface area contributed by atoms with E-state index in [9.17, 15) is 19.2 Å². The van der Waals surface area contributed by atoms with Gasteiger partial charge in [-0.2, -0.15) is 0 Å². The molecule has 1 aliphatic rings. The molecule has 1 aromatic carbocycles. The summed E-state index contributed by atoms with van der Waals surface area (Å²) in [6.45, 7) is 3.18. The maximum Gasteiger partial charge on any atom is 0.329 e. The van der Waals surface area contributed by atoms with Gasteiger partial charge in [0.15, 0.2) is 6.10 Å². The molecular weight excluding hydrogens is 368 g/mol. The van der Waals surface area contributed by atoms with E-state index in [0.717, 1.165) is 9.78 Å². The van der Waals surface area contributed by atoms with Gasteiger partial charge in [0.25, 0.3) is 17.7 Å². The first-order valence-corrected chi connectivity index (χ1v) is 9.25. The van der Waals surface area contributed by atoms with Crippen LogP contribution < -0.4 is 5.32 Å². The largest absolute Gasteiger partial charge is 0.451 e. The number of hydrogen-bond acceptors (Lipinski definition) is 6. The predicted molar refractivity (Wildman–Crippen MR) is 98.1 cm³/mol. The summed E-state index contributed by atoms with van der Waals surface area (Å²) in [5.74, 6) is -2.36. The quantitative estimate of drug-likeness (QED) is 0.605. The number of nitrogens with zero attached hydrogens (tertiary/aromatic N) is 1. The van der Waals surface area contributed by atoms with Crippen LogP contribution in [0.3, 0.4) is 0 Å². The molecule has 27 heavy (non-hydrogen) atoms. The number of carbonyl (C=O) groups excluding carboxylic acids is 4. The SMILES string of the molecule is CC(OC(=O)C(C)N1C(=O)c2ccccc2C1=O)C(=O)NCc1cccs1. The molecule has 1 aliphatic heterocycles. The second-order valence-corrected chi connectivity index (χ2v) is 7.11. The van der Waals surface area contributed by atoms with Crippen LogP contribution in [0.4, 0.5) is 0 Å². The van der Waals surface area contributed by atoms with E-state index in [1.165, 1.54) is 37.3 Å². The normalized spacial score (nSPS) is 15.3. The summed E-state index contributed by atoms with van der Waals surface area (Å²) in [6, 6.07) is 8.99. The summed E-state index contributed by atoms with van der Waals surface area (Å²) in [6.07, 6.45) is -1.05. The maximum atomic E-state index is 12.4. The van der Waals surface area contributed by atoms with Crippen LogP contribution in [0.2, 0.25) is 0 Å². The number of nitrogens with one attached hydrogen (secondary N) is 1. The van der Waals surface area contributed by atoms with Gasteiger partial charge in [0.05, 0.1) is 17.7 Å². The topological polar surface area (TPSA) is 92.8 Å². The fourth-order valence-electron chi connectivity index (χ4n) is 2.72. The van der Waals surface area contributed by atoms with Crippen LogP contribution >= 0.6 is 11.3 Å². The van der Waals surface area contributed by atoms with Gasteiger partial charge < -0.3 is 10.1 Å². The summed E-state index contributed by atoms with van der Waals surface area (Å²) in [4.78, 5) is 51.2. The maximum absolute atomic E-state index is 12.4. The van der Waals surface area contributed by atoms with E-state index in [4.69, 9.17) is 4.74 Å². The number of carbonyl (C=O) groups is 4. The molecule has 0 radical (unpaired) electrons. The third kappa shape index (κ3) is 3.75. The molecule has 0 bridgehead atoms. The molecular formula is C19H18N2O5S. The van der Waals surface area contributed by atoms with Crippen LogP contribution in [0.1, 0.15) is 39.4 Å². The van der Waals surface area contributed by atoms with Crippen LogP contribution in [0.15, 0.2) is 41.8 Å². The van der Waals surface area contributed by atoms with Crippen LogP contribution in [-0.2, 0) is 20.9 Å². The molecule has 2 atom stereocenters. The van der Waals surface area contributed by atoms with E-state index in [2.05, 4.69) is 5.32 Å². The zero-order valence-corrected chi connectivity index (χ0v) is 15.6. The molecule has 1 N–H and O–H groups in total. The molecule has 0 aliphatic carbocycles. The van der Waals surface area contributed by atoms with Crippen molar-refractivity contribution in [3.63, 3.8) is 0 Å². The summed E-state index contributed by atoms with van der Waals surface area (Å²) in [7, 11) is 0. The molecule has 3 amide bonds. The average molecular weight is 386 g/mol. The number of thiophene rings is 1. The first-order valence-electron chi connectivity index (χ1n) is 8.37. The predicted octanol–water partition coefficient (Wildman–Crippen LogP) is 1.98. The summed E-state index contributed by atoms with van der Waals surface area (Å²) < 4.78 is 5.16. The van der Waals surface area contributed by atoms with Crippen molar-refractivity contribution < 1.29 is 23.9 Å². The monoisotopic (exact) mass is 386 g/mol. The molecule has 0 fully saturated rings. The van der Waals surface area contributed by atoms with Gasteiger partial charge in [-0.25, -0.2) is 4.79 Å². The van der Waals surface area contributed by atoms with Crippen molar-refractivity contribution in [1.82, 2.24) is 10.2 Å². The minimum Gasteiger partial charge on any atom is -0.451 e. The lowest BCUT2D eigenvalue weighted by Gasteiger charge is -2.22. The number of ether oxygens (including phenoxy) is 1. The third-order valence-electron chi connectivity index (χ3n) is 4.23. The Morgan fingerprint density at radius 2 is 1.70 bits per heavy atom. The zero-order chi connectivity index (χ0) is 19.6. The number of rotatable bonds is 6. The van der Waals surface area contributed by atoms with Crippen LogP contribution in [0, 0.1) is 0 Å². The highest BCUT2D eigenvalue weighted by molar-refractivity contribution is 7.09. The lowest BCUT2D eigenvalue weighted by molar-refractivity contribution is -0.158. The van der Waals surface area contributed by atoms with Crippen molar-refractivity contribution in [2.45, 2.75) is 32.5 Å². The number of fused-ring (bicyclic) bond motifs is 1. The number of benzene rings is 1. The zero-order valence-electron chi connectivity index (χ0n) is 14.8. The first-order chi connectivity index (χ1) is 12.9.